The molecule has 0 aliphatic carbocycles. The van der Waals surface area contributed by atoms with Crippen LogP contribution in [0, 0.1) is 0 Å². The van der Waals surface area contributed by atoms with E-state index in [1.54, 1.807) is 7.05 Å². The van der Waals surface area contributed by atoms with Crippen LogP contribution in [0.5, 0.6) is 0 Å². The van der Waals surface area contributed by atoms with E-state index in [2.05, 4.69) is 30.6 Å². The van der Waals surface area contributed by atoms with Crippen molar-refractivity contribution in [3.05, 3.63) is 0 Å². The van der Waals surface area contributed by atoms with Gasteiger partial charge in [-0.2, -0.15) is 12.6 Å². The summed E-state index contributed by atoms with van der Waals surface area (Å²) in [6, 6.07) is -0.256. The first-order chi connectivity index (χ1) is 3.72. The van der Waals surface area contributed by atoms with Gasteiger partial charge in [-0.25, -0.2) is 0 Å². The summed E-state index contributed by atoms with van der Waals surface area (Å²) in [5, 5.41) is 2.45. The van der Waals surface area contributed by atoms with Crippen molar-refractivity contribution in [2.24, 2.45) is 0 Å². The molecule has 0 heterocycles. The fourth-order valence-electron chi connectivity index (χ4n) is 0.284. The number of carbonyl (C=O) groups excluding carboxylic acids is 1. The number of carbonyl (C=O) groups is 1. The SMILES string of the molecule is CN[C@@H](CS)C(=O)[S-]. The zero-order valence-electron chi connectivity index (χ0n) is 4.55. The van der Waals surface area contributed by atoms with E-state index in [9.17, 15) is 4.79 Å². The van der Waals surface area contributed by atoms with Crippen LogP contribution < -0.4 is 5.32 Å². The Bertz CT molecular complexity index is 82.1. The van der Waals surface area contributed by atoms with Gasteiger partial charge in [0.05, 0.1) is 6.04 Å². The van der Waals surface area contributed by atoms with Crippen LogP contribution in [0.15, 0.2) is 0 Å². The maximum Gasteiger partial charge on any atom is 0.0526 e. The van der Waals surface area contributed by atoms with E-state index in [1.807, 2.05) is 0 Å². The summed E-state index contributed by atoms with van der Waals surface area (Å²) in [7, 11) is 1.69. The van der Waals surface area contributed by atoms with Crippen LogP contribution in [0.25, 0.3) is 0 Å². The van der Waals surface area contributed by atoms with Crippen molar-refractivity contribution in [1.82, 2.24) is 5.32 Å². The molecule has 0 aromatic rings. The molecule has 4 heteroatoms. The summed E-state index contributed by atoms with van der Waals surface area (Å²) >= 11 is 8.23. The van der Waals surface area contributed by atoms with Crippen LogP contribution >= 0.6 is 12.6 Å². The standard InChI is InChI=1S/C4H9NOS2/c1-5-3(2-7)4(6)8/h3,5,7H,2H2,1H3,(H,6,8)/p-1/t3-/m0/s1. The van der Waals surface area contributed by atoms with E-state index >= 15 is 0 Å². The molecule has 48 valence electrons. The molecule has 0 aromatic heterocycles. The Hall–Kier alpha value is 0.200. The van der Waals surface area contributed by atoms with Gasteiger partial charge in [0.15, 0.2) is 0 Å². The van der Waals surface area contributed by atoms with Crippen LogP contribution in [-0.4, -0.2) is 24.0 Å². The number of rotatable bonds is 3. The zero-order chi connectivity index (χ0) is 6.57. The zero-order valence-corrected chi connectivity index (χ0v) is 6.26. The fraction of sp³-hybridized carbons (Fsp3) is 0.750. The quantitative estimate of drug-likeness (QED) is 0.423. The van der Waals surface area contributed by atoms with Gasteiger partial charge in [0.25, 0.3) is 0 Å². The summed E-state index contributed by atoms with van der Waals surface area (Å²) < 4.78 is 0. The number of hydrogen-bond acceptors (Lipinski definition) is 4. The van der Waals surface area contributed by atoms with Crippen LogP contribution in [0.1, 0.15) is 0 Å². The third-order valence-corrected chi connectivity index (χ3v) is 1.47. The highest BCUT2D eigenvalue weighted by Gasteiger charge is 1.99. The second kappa shape index (κ2) is 4.12. The number of thiol groups is 1. The van der Waals surface area contributed by atoms with Gasteiger partial charge in [-0.3, -0.25) is 0 Å². The molecule has 0 radical (unpaired) electrons. The number of likely N-dealkylation sites (N-methyl/N-ethyl adjacent to an activating group) is 1. The average Bonchev–Trinajstić information content (AvgIpc) is 1.69. The summed E-state index contributed by atoms with van der Waals surface area (Å²) in [5.41, 5.74) is 0. The maximum atomic E-state index is 10.3. The fourth-order valence-corrected chi connectivity index (χ4v) is 0.957. The van der Waals surface area contributed by atoms with Crippen molar-refractivity contribution >= 4 is 30.4 Å². The summed E-state index contributed by atoms with van der Waals surface area (Å²) in [5.74, 6) is 0.471. The molecule has 0 spiro atoms. The second-order valence-electron chi connectivity index (χ2n) is 1.34. The minimum Gasteiger partial charge on any atom is -0.740 e. The van der Waals surface area contributed by atoms with Crippen molar-refractivity contribution in [2.45, 2.75) is 6.04 Å². The Labute approximate surface area is 59.9 Å². The molecule has 0 amide bonds. The topological polar surface area (TPSA) is 29.1 Å². The Morgan fingerprint density at radius 1 is 2.00 bits per heavy atom. The normalized spacial score (nSPS) is 13.2. The first kappa shape index (κ1) is 8.20. The highest BCUT2D eigenvalue weighted by Crippen LogP contribution is 1.85. The van der Waals surface area contributed by atoms with E-state index in [-0.39, 0.29) is 11.2 Å². The molecule has 0 bridgehead atoms. The molecule has 2 nitrogen and oxygen atoms in total. The summed E-state index contributed by atoms with van der Waals surface area (Å²) in [6.45, 7) is 0. The van der Waals surface area contributed by atoms with Crippen molar-refractivity contribution in [3.8, 4) is 0 Å². The average molecular weight is 150 g/mol. The van der Waals surface area contributed by atoms with Crippen LogP contribution in [0.3, 0.4) is 0 Å². The van der Waals surface area contributed by atoms with Gasteiger partial charge in [0, 0.05) is 10.9 Å². The third kappa shape index (κ3) is 2.49. The lowest BCUT2D eigenvalue weighted by atomic mass is 10.4. The van der Waals surface area contributed by atoms with Crippen LogP contribution in [-0.2, 0) is 17.4 Å². The minimum absolute atomic E-state index is 0.256. The summed E-state index contributed by atoms with van der Waals surface area (Å²) in [4.78, 5) is 10.3. The highest BCUT2D eigenvalue weighted by molar-refractivity contribution is 7.81. The molecular formula is C4H8NOS2-. The number of hydrogen-bond donors (Lipinski definition) is 2. The Morgan fingerprint density at radius 2 is 2.50 bits per heavy atom. The van der Waals surface area contributed by atoms with Crippen LogP contribution in [0.2, 0.25) is 0 Å². The monoisotopic (exact) mass is 150 g/mol. The van der Waals surface area contributed by atoms with E-state index in [0.717, 1.165) is 0 Å². The first-order valence-corrected chi connectivity index (χ1v) is 3.25. The Balaban J connectivity index is 3.52. The Kier molecular flexibility index (Phi) is 4.22. The predicted octanol–water partition coefficient (Wildman–Crippen LogP) is -0.422. The second-order valence-corrected chi connectivity index (χ2v) is 2.11. The van der Waals surface area contributed by atoms with Crippen molar-refractivity contribution < 1.29 is 4.79 Å². The lowest BCUT2D eigenvalue weighted by molar-refractivity contribution is -0.112. The van der Waals surface area contributed by atoms with Gasteiger partial charge in [-0.1, -0.05) is 0 Å². The van der Waals surface area contributed by atoms with E-state index in [1.165, 1.54) is 0 Å². The molecule has 8 heavy (non-hydrogen) atoms. The maximum absolute atomic E-state index is 10.3. The molecule has 0 aromatic carbocycles. The highest BCUT2D eigenvalue weighted by atomic mass is 32.1. The van der Waals surface area contributed by atoms with E-state index in [4.69, 9.17) is 0 Å². The van der Waals surface area contributed by atoms with E-state index < -0.39 is 0 Å². The molecule has 0 aliphatic rings. The van der Waals surface area contributed by atoms with Crippen molar-refractivity contribution in [1.29, 1.82) is 0 Å². The molecule has 0 unspecified atom stereocenters. The largest absolute Gasteiger partial charge is 0.740 e. The van der Waals surface area contributed by atoms with Gasteiger partial charge >= 0.3 is 0 Å². The van der Waals surface area contributed by atoms with Gasteiger partial charge in [0.2, 0.25) is 0 Å². The summed E-state index contributed by atoms with van der Waals surface area (Å²) in [6.07, 6.45) is 0. The molecule has 1 atom stereocenters. The Morgan fingerprint density at radius 3 is 2.50 bits per heavy atom. The molecular weight excluding hydrogens is 142 g/mol. The van der Waals surface area contributed by atoms with Gasteiger partial charge in [-0.15, -0.1) is 0 Å². The van der Waals surface area contributed by atoms with Gasteiger partial charge in [0.1, 0.15) is 0 Å². The first-order valence-electron chi connectivity index (χ1n) is 2.21. The van der Waals surface area contributed by atoms with Crippen molar-refractivity contribution in [2.75, 3.05) is 12.8 Å². The van der Waals surface area contributed by atoms with Gasteiger partial charge < -0.3 is 22.7 Å². The lowest BCUT2D eigenvalue weighted by Gasteiger charge is -2.14. The molecule has 0 aliphatic heterocycles. The molecule has 1 N–H and O–H groups in total. The van der Waals surface area contributed by atoms with Gasteiger partial charge in [-0.05, 0) is 7.05 Å². The number of nitrogens with one attached hydrogen (secondary N) is 1. The van der Waals surface area contributed by atoms with Crippen molar-refractivity contribution in [3.63, 3.8) is 0 Å². The third-order valence-electron chi connectivity index (χ3n) is 0.816. The molecule has 0 saturated carbocycles. The smallest absolute Gasteiger partial charge is 0.0526 e. The molecule has 0 rings (SSSR count). The lowest BCUT2D eigenvalue weighted by Crippen LogP contribution is -2.34. The molecule has 0 saturated heterocycles. The molecule has 0 fully saturated rings. The van der Waals surface area contributed by atoms with Crippen LogP contribution in [0.4, 0.5) is 0 Å². The van der Waals surface area contributed by atoms with E-state index in [0.29, 0.717) is 5.75 Å². The predicted molar refractivity (Wildman–Crippen MR) is 39.1 cm³/mol. The minimum atomic E-state index is -0.275.